The van der Waals surface area contributed by atoms with Gasteiger partial charge in [0.15, 0.2) is 5.58 Å². The first-order chi connectivity index (χ1) is 20.8. The fourth-order valence-corrected chi connectivity index (χ4v) is 4.71. The van der Waals surface area contributed by atoms with Crippen molar-refractivity contribution in [2.45, 2.75) is 0 Å². The minimum atomic E-state index is -0.440. The zero-order chi connectivity index (χ0) is 30.3. The first kappa shape index (κ1) is 29.4. The van der Waals surface area contributed by atoms with Gasteiger partial charge in [-0.1, -0.05) is 24.3 Å². The van der Waals surface area contributed by atoms with Crippen LogP contribution in [0.5, 0.6) is 0 Å². The summed E-state index contributed by atoms with van der Waals surface area (Å²) in [7, 11) is 0. The molecule has 212 valence electrons. The molecule has 0 bridgehead atoms. The van der Waals surface area contributed by atoms with Crippen molar-refractivity contribution in [3.05, 3.63) is 131 Å². The number of aromatic nitrogens is 1. The van der Waals surface area contributed by atoms with Crippen molar-refractivity contribution in [1.29, 1.82) is 0 Å². The van der Waals surface area contributed by atoms with Crippen molar-refractivity contribution < 1.29 is 14.3 Å². The monoisotopic (exact) mass is 699 g/mol. The highest BCUT2D eigenvalue weighted by molar-refractivity contribution is 9.11. The molecule has 0 unspecified atom stereocenters. The van der Waals surface area contributed by atoms with Gasteiger partial charge in [0, 0.05) is 30.1 Å². The number of halogens is 2. The van der Waals surface area contributed by atoms with Crippen LogP contribution in [0.25, 0.3) is 34.7 Å². The number of hydrogen-bond acceptors (Lipinski definition) is 8. The number of fused-ring (bicyclic) bond motifs is 1. The molecular weight excluding hydrogens is 682 g/mol. The van der Waals surface area contributed by atoms with E-state index >= 15 is 0 Å². The smallest absolute Gasteiger partial charge is 0.284 e. The summed E-state index contributed by atoms with van der Waals surface area (Å²) < 4.78 is 6.77. The highest BCUT2D eigenvalue weighted by atomic mass is 79.9. The van der Waals surface area contributed by atoms with Gasteiger partial charge in [0.2, 0.25) is 5.89 Å². The van der Waals surface area contributed by atoms with Crippen molar-refractivity contribution in [1.82, 2.24) is 4.98 Å². The Balaban J connectivity index is 1.23. The van der Waals surface area contributed by atoms with Crippen molar-refractivity contribution in [3.63, 3.8) is 0 Å². The summed E-state index contributed by atoms with van der Waals surface area (Å²) in [5.74, 6) is 0.458. The van der Waals surface area contributed by atoms with Gasteiger partial charge in [-0.2, -0.15) is 0 Å². The number of hydrogen-bond donors (Lipinski definition) is 0. The van der Waals surface area contributed by atoms with Gasteiger partial charge in [0.25, 0.3) is 11.4 Å². The third-order valence-corrected chi connectivity index (χ3v) is 7.36. The van der Waals surface area contributed by atoms with Crippen molar-refractivity contribution in [3.8, 4) is 11.5 Å². The number of nitro groups is 2. The third kappa shape index (κ3) is 7.42. The van der Waals surface area contributed by atoms with Crippen LogP contribution in [-0.2, 0) is 0 Å². The van der Waals surface area contributed by atoms with Gasteiger partial charge in [-0.05, 0) is 110 Å². The summed E-state index contributed by atoms with van der Waals surface area (Å²) in [6, 6.07) is 22.6. The first-order valence-corrected chi connectivity index (χ1v) is 14.2. The Hall–Kier alpha value is -5.07. The molecule has 0 N–H and O–H groups in total. The van der Waals surface area contributed by atoms with Crippen LogP contribution in [0.1, 0.15) is 11.1 Å². The predicted molar refractivity (Wildman–Crippen MR) is 175 cm³/mol. The van der Waals surface area contributed by atoms with Crippen molar-refractivity contribution >= 4 is 90.3 Å². The summed E-state index contributed by atoms with van der Waals surface area (Å²) in [5, 5.41) is 22.2. The van der Waals surface area contributed by atoms with Crippen LogP contribution < -0.4 is 0 Å². The first-order valence-electron chi connectivity index (χ1n) is 12.6. The molecule has 0 aliphatic rings. The number of aliphatic imine (C=N–C) groups is 2. The lowest BCUT2D eigenvalue weighted by molar-refractivity contribution is -0.385. The van der Waals surface area contributed by atoms with Crippen molar-refractivity contribution in [2.75, 3.05) is 0 Å². The molecule has 43 heavy (non-hydrogen) atoms. The molecule has 1 heterocycles. The molecule has 0 saturated heterocycles. The number of nitro benzene ring substituents is 2. The summed E-state index contributed by atoms with van der Waals surface area (Å²) >= 11 is 6.35. The highest BCUT2D eigenvalue weighted by Crippen LogP contribution is 2.29. The molecule has 0 aliphatic heterocycles. The second-order valence-corrected chi connectivity index (χ2v) is 10.6. The second-order valence-electron chi connectivity index (χ2n) is 8.93. The predicted octanol–water partition coefficient (Wildman–Crippen LogP) is 9.67. The van der Waals surface area contributed by atoms with Gasteiger partial charge in [0.05, 0.1) is 30.2 Å². The van der Waals surface area contributed by atoms with Gasteiger partial charge in [-0.25, -0.2) is 4.98 Å². The number of rotatable bonds is 9. The number of allylic oxidation sites excluding steroid dienone is 2. The van der Waals surface area contributed by atoms with E-state index in [1.807, 2.05) is 36.4 Å². The van der Waals surface area contributed by atoms with E-state index in [-0.39, 0.29) is 11.4 Å². The molecule has 0 saturated carbocycles. The van der Waals surface area contributed by atoms with E-state index in [1.165, 1.54) is 12.1 Å². The zero-order valence-electron chi connectivity index (χ0n) is 22.0. The number of oxazole rings is 1. The van der Waals surface area contributed by atoms with E-state index in [2.05, 4.69) is 46.8 Å². The number of benzene rings is 4. The van der Waals surface area contributed by atoms with Crippen LogP contribution in [0.15, 0.2) is 114 Å². The fourth-order valence-electron chi connectivity index (χ4n) is 3.92. The third-order valence-electron chi connectivity index (χ3n) is 6.02. The highest BCUT2D eigenvalue weighted by Gasteiger charge is 2.12. The van der Waals surface area contributed by atoms with E-state index in [1.54, 1.807) is 67.1 Å². The minimum absolute atomic E-state index is 0.000748. The summed E-state index contributed by atoms with van der Waals surface area (Å²) in [6.45, 7) is 0. The summed E-state index contributed by atoms with van der Waals surface area (Å²) in [6.07, 6.45) is 10.1. The van der Waals surface area contributed by atoms with E-state index in [4.69, 9.17) is 4.42 Å². The Bertz CT molecular complexity index is 1960. The molecule has 1 aromatic heterocycles. The van der Waals surface area contributed by atoms with Gasteiger partial charge in [-0.3, -0.25) is 30.2 Å². The van der Waals surface area contributed by atoms with Crippen LogP contribution in [0.2, 0.25) is 0 Å². The Morgan fingerprint density at radius 3 is 1.79 bits per heavy atom. The van der Waals surface area contributed by atoms with E-state index < -0.39 is 9.85 Å². The zero-order valence-corrected chi connectivity index (χ0v) is 25.2. The maximum absolute atomic E-state index is 11.1. The number of nitrogens with zero attached hydrogens (tertiary/aromatic N) is 5. The SMILES string of the molecule is O=[N+]([O-])c1cc(/C=C/C=Nc2ccc(-c3nc4cc(N=C/C=C/c5ccc(Br)c([N+](=O)[O-])c5)ccc4o3)cc2)ccc1Br. The fraction of sp³-hybridized carbons (Fsp3) is 0. The lowest BCUT2D eigenvalue weighted by Gasteiger charge is -1.97. The van der Waals surface area contributed by atoms with Crippen LogP contribution in [0, 0.1) is 20.2 Å². The summed E-state index contributed by atoms with van der Waals surface area (Å²) in [5.41, 5.74) is 4.80. The van der Waals surface area contributed by atoms with Crippen LogP contribution >= 0.6 is 31.9 Å². The molecule has 12 heteroatoms. The quantitative estimate of drug-likeness (QED) is 0.0853. The Morgan fingerprint density at radius 2 is 1.23 bits per heavy atom. The van der Waals surface area contributed by atoms with Crippen LogP contribution in [0.3, 0.4) is 0 Å². The average Bonchev–Trinajstić information content (AvgIpc) is 3.42. The van der Waals surface area contributed by atoms with Crippen LogP contribution in [0.4, 0.5) is 22.7 Å². The second kappa shape index (κ2) is 13.3. The van der Waals surface area contributed by atoms with Crippen molar-refractivity contribution in [2.24, 2.45) is 9.98 Å². The lowest BCUT2D eigenvalue weighted by atomic mass is 10.2. The Labute approximate surface area is 261 Å². The minimum Gasteiger partial charge on any atom is -0.436 e. The maximum Gasteiger partial charge on any atom is 0.284 e. The Kier molecular flexibility index (Phi) is 9.08. The molecular formula is C31H19Br2N5O5. The molecule has 5 aromatic rings. The normalized spacial score (nSPS) is 12.0. The van der Waals surface area contributed by atoms with Gasteiger partial charge < -0.3 is 4.42 Å². The molecule has 0 amide bonds. The Morgan fingerprint density at radius 1 is 0.698 bits per heavy atom. The lowest BCUT2D eigenvalue weighted by Crippen LogP contribution is -1.89. The molecule has 0 radical (unpaired) electrons. The largest absolute Gasteiger partial charge is 0.436 e. The molecule has 0 fully saturated rings. The standard InChI is InChI=1S/C31H19Br2N5O5/c32-25-12-5-20(17-28(25)37(39)40)3-1-15-34-23-9-7-22(8-10-23)31-36-27-19-24(11-14-30(27)43-31)35-16-2-4-21-6-13-26(33)29(18-21)38(41)42/h1-19H/b3-1+,4-2+,34-15?,35-16?. The molecule has 10 nitrogen and oxygen atoms in total. The van der Waals surface area contributed by atoms with E-state index in [9.17, 15) is 20.2 Å². The maximum atomic E-state index is 11.1. The van der Waals surface area contributed by atoms with Gasteiger partial charge in [-0.15, -0.1) is 0 Å². The van der Waals surface area contributed by atoms with Crippen LogP contribution in [-0.4, -0.2) is 27.3 Å². The topological polar surface area (TPSA) is 137 Å². The molecule has 0 atom stereocenters. The molecule has 0 spiro atoms. The van der Waals surface area contributed by atoms with E-state index in [0.717, 1.165) is 5.56 Å². The van der Waals surface area contributed by atoms with E-state index in [0.29, 0.717) is 48.4 Å². The average molecular weight is 701 g/mol. The molecule has 0 aliphatic carbocycles. The summed E-state index contributed by atoms with van der Waals surface area (Å²) in [4.78, 5) is 34.7. The van der Waals surface area contributed by atoms with Gasteiger partial charge in [0.1, 0.15) is 5.52 Å². The van der Waals surface area contributed by atoms with Gasteiger partial charge >= 0.3 is 0 Å². The molecule has 4 aromatic carbocycles. The molecule has 5 rings (SSSR count).